The minimum Gasteiger partial charge on any atom is -0.495 e. The molecule has 0 aromatic carbocycles. The molecule has 1 aromatic heterocycles. The molecule has 0 saturated carbocycles. The molecule has 9 heavy (non-hydrogen) atoms. The number of thiophene rings is 1. The van der Waals surface area contributed by atoms with Gasteiger partial charge in [-0.25, -0.2) is 0 Å². The molecular weight excluding hydrogens is 270 g/mol. The number of ether oxygens (including phenoxy) is 1. The predicted octanol–water partition coefficient (Wildman–Crippen LogP) is 3.01. The summed E-state index contributed by atoms with van der Waals surface area (Å²) in [6, 6.07) is 1.81. The zero-order chi connectivity index (χ0) is 6.85. The number of halogens is 2. The van der Waals surface area contributed by atoms with Crippen LogP contribution >= 0.6 is 45.5 Å². The first-order chi connectivity index (χ1) is 4.24. The van der Waals surface area contributed by atoms with E-state index in [2.05, 4.69) is 22.6 Å². The Kier molecular flexibility index (Phi) is 2.60. The molecule has 0 N–H and O–H groups in total. The summed E-state index contributed by atoms with van der Waals surface area (Å²) in [5.41, 5.74) is 0. The van der Waals surface area contributed by atoms with E-state index >= 15 is 0 Å². The molecule has 0 spiro atoms. The van der Waals surface area contributed by atoms with Crippen molar-refractivity contribution in [2.45, 2.75) is 0 Å². The van der Waals surface area contributed by atoms with Crippen LogP contribution in [0.3, 0.4) is 0 Å². The quantitative estimate of drug-likeness (QED) is 0.715. The molecule has 0 bridgehead atoms. The molecule has 0 saturated heterocycles. The standard InChI is InChI=1S/C5H4ClIOS/c1-8-3-2-4(6)9-5(3)7/h2H,1H3. The van der Waals surface area contributed by atoms with E-state index in [4.69, 9.17) is 16.3 Å². The molecule has 0 amide bonds. The minimum atomic E-state index is 0.774. The van der Waals surface area contributed by atoms with Gasteiger partial charge in [0.15, 0.2) is 0 Å². The molecule has 0 unspecified atom stereocenters. The summed E-state index contributed by atoms with van der Waals surface area (Å²) in [6.07, 6.45) is 0. The third kappa shape index (κ3) is 1.72. The summed E-state index contributed by atoms with van der Waals surface area (Å²) < 4.78 is 6.86. The van der Waals surface area contributed by atoms with E-state index in [1.54, 1.807) is 7.11 Å². The predicted molar refractivity (Wildman–Crippen MR) is 48.6 cm³/mol. The number of methoxy groups -OCH3 is 1. The number of rotatable bonds is 1. The van der Waals surface area contributed by atoms with Gasteiger partial charge in [-0.15, -0.1) is 11.3 Å². The summed E-state index contributed by atoms with van der Waals surface area (Å²) >= 11 is 9.39. The Balaban J connectivity index is 3.01. The van der Waals surface area contributed by atoms with Gasteiger partial charge < -0.3 is 4.74 Å². The molecule has 1 rings (SSSR count). The second-order valence-electron chi connectivity index (χ2n) is 1.39. The van der Waals surface area contributed by atoms with Crippen LogP contribution in [0.15, 0.2) is 6.07 Å². The molecule has 1 nitrogen and oxygen atoms in total. The van der Waals surface area contributed by atoms with Crippen molar-refractivity contribution >= 4 is 45.5 Å². The highest BCUT2D eigenvalue weighted by Crippen LogP contribution is 2.33. The van der Waals surface area contributed by atoms with Crippen LogP contribution in [0.4, 0.5) is 0 Å². The van der Waals surface area contributed by atoms with Crippen molar-refractivity contribution in [1.82, 2.24) is 0 Å². The van der Waals surface area contributed by atoms with Gasteiger partial charge in [-0.05, 0) is 22.6 Å². The highest BCUT2D eigenvalue weighted by Gasteiger charge is 2.02. The summed E-state index contributed by atoms with van der Waals surface area (Å²) in [6.45, 7) is 0. The highest BCUT2D eigenvalue weighted by atomic mass is 127. The number of hydrogen-bond acceptors (Lipinski definition) is 2. The van der Waals surface area contributed by atoms with Crippen LogP contribution < -0.4 is 4.74 Å². The summed E-state index contributed by atoms with van der Waals surface area (Å²) in [4.78, 5) is 0. The molecule has 0 aliphatic carbocycles. The van der Waals surface area contributed by atoms with Crippen LogP contribution in [0.2, 0.25) is 4.34 Å². The normalized spacial score (nSPS) is 9.67. The van der Waals surface area contributed by atoms with E-state index in [1.165, 1.54) is 11.3 Å². The lowest BCUT2D eigenvalue weighted by Crippen LogP contribution is -1.78. The maximum absolute atomic E-state index is 5.68. The fraction of sp³-hybridized carbons (Fsp3) is 0.200. The molecular formula is C5H4ClIOS. The lowest BCUT2D eigenvalue weighted by atomic mass is 10.6. The minimum absolute atomic E-state index is 0.774. The number of hydrogen-bond donors (Lipinski definition) is 0. The van der Waals surface area contributed by atoms with Crippen molar-refractivity contribution in [2.24, 2.45) is 0 Å². The smallest absolute Gasteiger partial charge is 0.144 e. The molecule has 1 aromatic rings. The molecule has 0 aliphatic heterocycles. The van der Waals surface area contributed by atoms with E-state index in [0.717, 1.165) is 13.0 Å². The fourth-order valence-electron chi connectivity index (χ4n) is 0.464. The Bertz CT molecular complexity index is 211. The van der Waals surface area contributed by atoms with Crippen molar-refractivity contribution in [1.29, 1.82) is 0 Å². The van der Waals surface area contributed by atoms with Crippen molar-refractivity contribution in [2.75, 3.05) is 7.11 Å². The Morgan fingerprint density at radius 3 is 2.67 bits per heavy atom. The largest absolute Gasteiger partial charge is 0.495 e. The van der Waals surface area contributed by atoms with Gasteiger partial charge >= 0.3 is 0 Å². The van der Waals surface area contributed by atoms with Gasteiger partial charge in [0.25, 0.3) is 0 Å². The molecule has 0 fully saturated rings. The highest BCUT2D eigenvalue weighted by molar-refractivity contribution is 14.1. The van der Waals surface area contributed by atoms with Gasteiger partial charge in [-0.2, -0.15) is 0 Å². The zero-order valence-electron chi connectivity index (χ0n) is 4.65. The van der Waals surface area contributed by atoms with E-state index in [1.807, 2.05) is 6.07 Å². The third-order valence-corrected chi connectivity index (χ3v) is 3.07. The second-order valence-corrected chi connectivity index (χ2v) is 4.89. The van der Waals surface area contributed by atoms with Crippen molar-refractivity contribution < 1.29 is 4.74 Å². The maximum Gasteiger partial charge on any atom is 0.144 e. The van der Waals surface area contributed by atoms with Gasteiger partial charge in [0, 0.05) is 6.07 Å². The molecule has 1 heterocycles. The summed E-state index contributed by atoms with van der Waals surface area (Å²) in [5.74, 6) is 0.866. The van der Waals surface area contributed by atoms with Crippen molar-refractivity contribution in [3.8, 4) is 5.75 Å². The average molecular weight is 275 g/mol. The maximum atomic E-state index is 5.68. The zero-order valence-corrected chi connectivity index (χ0v) is 8.38. The van der Waals surface area contributed by atoms with Gasteiger partial charge in [0.2, 0.25) is 0 Å². The Labute approximate surface area is 76.1 Å². The Hall–Kier alpha value is 0.520. The molecule has 0 aliphatic rings. The van der Waals surface area contributed by atoms with Crippen LogP contribution in [-0.4, -0.2) is 7.11 Å². The molecule has 4 heteroatoms. The van der Waals surface area contributed by atoms with Crippen molar-refractivity contribution in [3.63, 3.8) is 0 Å². The average Bonchev–Trinajstić information content (AvgIpc) is 2.10. The van der Waals surface area contributed by atoms with Gasteiger partial charge in [-0.1, -0.05) is 11.6 Å². The lowest BCUT2D eigenvalue weighted by Gasteiger charge is -1.91. The van der Waals surface area contributed by atoms with Gasteiger partial charge in [0.05, 0.1) is 11.4 Å². The SMILES string of the molecule is COc1cc(Cl)sc1I. The Morgan fingerprint density at radius 2 is 2.44 bits per heavy atom. The first-order valence-corrected chi connectivity index (χ1v) is 4.50. The molecule has 50 valence electrons. The van der Waals surface area contributed by atoms with Crippen LogP contribution in [0.1, 0.15) is 0 Å². The van der Waals surface area contributed by atoms with Crippen LogP contribution in [0.5, 0.6) is 5.75 Å². The molecule has 0 atom stereocenters. The van der Waals surface area contributed by atoms with Crippen molar-refractivity contribution in [3.05, 3.63) is 13.3 Å². The van der Waals surface area contributed by atoms with E-state index < -0.39 is 0 Å². The summed E-state index contributed by atoms with van der Waals surface area (Å²) in [7, 11) is 1.64. The van der Waals surface area contributed by atoms with E-state index in [-0.39, 0.29) is 0 Å². The van der Waals surface area contributed by atoms with E-state index in [9.17, 15) is 0 Å². The van der Waals surface area contributed by atoms with Crippen LogP contribution in [-0.2, 0) is 0 Å². The van der Waals surface area contributed by atoms with Crippen LogP contribution in [0, 0.1) is 2.88 Å². The van der Waals surface area contributed by atoms with Gasteiger partial charge in [0.1, 0.15) is 8.63 Å². The fourth-order valence-corrected chi connectivity index (χ4v) is 2.85. The monoisotopic (exact) mass is 274 g/mol. The topological polar surface area (TPSA) is 9.23 Å². The molecule has 0 radical (unpaired) electrons. The summed E-state index contributed by atoms with van der Waals surface area (Å²) in [5, 5.41) is 0. The van der Waals surface area contributed by atoms with Crippen LogP contribution in [0.25, 0.3) is 0 Å². The first kappa shape index (κ1) is 7.63. The lowest BCUT2D eigenvalue weighted by molar-refractivity contribution is 0.414. The van der Waals surface area contributed by atoms with Gasteiger partial charge in [-0.3, -0.25) is 0 Å². The second kappa shape index (κ2) is 3.07. The van der Waals surface area contributed by atoms with E-state index in [0.29, 0.717) is 0 Å². The first-order valence-electron chi connectivity index (χ1n) is 2.23. The third-order valence-electron chi connectivity index (χ3n) is 0.845. The Morgan fingerprint density at radius 1 is 1.78 bits per heavy atom.